The van der Waals surface area contributed by atoms with E-state index in [4.69, 9.17) is 0 Å². The third kappa shape index (κ3) is 3.17. The summed E-state index contributed by atoms with van der Waals surface area (Å²) < 4.78 is 26.0. The minimum atomic E-state index is -3.68. The summed E-state index contributed by atoms with van der Waals surface area (Å²) in [7, 11) is -3.68. The minimum absolute atomic E-state index is 0.0747. The van der Waals surface area contributed by atoms with Crippen LogP contribution in [0.4, 0.5) is 0 Å². The number of amides is 1. The molecule has 24 heavy (non-hydrogen) atoms. The van der Waals surface area contributed by atoms with E-state index in [-0.39, 0.29) is 24.2 Å². The van der Waals surface area contributed by atoms with E-state index in [1.807, 2.05) is 24.3 Å². The van der Waals surface area contributed by atoms with Crippen molar-refractivity contribution < 1.29 is 13.2 Å². The van der Waals surface area contributed by atoms with Crippen LogP contribution in [0, 0.1) is 0 Å². The van der Waals surface area contributed by atoms with Gasteiger partial charge in [-0.15, -0.1) is 0 Å². The predicted octanol–water partition coefficient (Wildman–Crippen LogP) is 0.514. The summed E-state index contributed by atoms with van der Waals surface area (Å²) in [5.41, 5.74) is 1.80. The Hall–Kier alpha value is -2.26. The number of carbonyl (C=O) groups is 1. The second-order valence-electron chi connectivity index (χ2n) is 5.54. The van der Waals surface area contributed by atoms with Crippen molar-refractivity contribution in [1.29, 1.82) is 0 Å². The molecule has 1 aromatic carbocycles. The van der Waals surface area contributed by atoms with E-state index >= 15 is 0 Å². The van der Waals surface area contributed by atoms with Crippen molar-refractivity contribution in [3.8, 4) is 0 Å². The number of nitrogens with one attached hydrogen (secondary N) is 1. The van der Waals surface area contributed by atoms with Gasteiger partial charge in [0.2, 0.25) is 0 Å². The molecule has 2 heterocycles. The van der Waals surface area contributed by atoms with E-state index < -0.39 is 10.0 Å². The van der Waals surface area contributed by atoms with Crippen LogP contribution in [0.3, 0.4) is 0 Å². The smallest absolute Gasteiger partial charge is 0.278 e. The van der Waals surface area contributed by atoms with Crippen molar-refractivity contribution >= 4 is 15.9 Å². The van der Waals surface area contributed by atoms with Crippen molar-refractivity contribution in [2.45, 2.75) is 18.5 Å². The molecular formula is C15H19N5O3S. The number of H-pyrrole nitrogens is 1. The maximum atomic E-state index is 12.5. The molecule has 1 saturated heterocycles. The number of aromatic amines is 1. The van der Waals surface area contributed by atoms with Crippen LogP contribution >= 0.6 is 0 Å². The summed E-state index contributed by atoms with van der Waals surface area (Å²) in [5, 5.41) is 5.78. The fourth-order valence-electron chi connectivity index (χ4n) is 2.64. The molecule has 1 aromatic heterocycles. The van der Waals surface area contributed by atoms with Gasteiger partial charge in [0.1, 0.15) is 6.33 Å². The Balaban J connectivity index is 1.65. The molecule has 2 aromatic rings. The van der Waals surface area contributed by atoms with Crippen molar-refractivity contribution in [3.63, 3.8) is 0 Å². The lowest BCUT2D eigenvalue weighted by molar-refractivity contribution is 0.0697. The van der Waals surface area contributed by atoms with Crippen LogP contribution in [0.1, 0.15) is 22.8 Å². The van der Waals surface area contributed by atoms with Crippen molar-refractivity contribution in [3.05, 3.63) is 41.7 Å². The lowest BCUT2D eigenvalue weighted by Crippen LogP contribution is -2.50. The van der Waals surface area contributed by atoms with Crippen molar-refractivity contribution in [2.24, 2.45) is 0 Å². The van der Waals surface area contributed by atoms with E-state index in [0.717, 1.165) is 12.7 Å². The van der Waals surface area contributed by atoms with Gasteiger partial charge in [-0.2, -0.15) is 9.40 Å². The number of hydrogen-bond donors (Lipinski definition) is 1. The number of aryl methyl sites for hydroxylation is 1. The third-order valence-corrected chi connectivity index (χ3v) is 5.84. The van der Waals surface area contributed by atoms with Gasteiger partial charge in [0.05, 0.1) is 0 Å². The van der Waals surface area contributed by atoms with Gasteiger partial charge in [0, 0.05) is 31.7 Å². The number of aromatic nitrogens is 3. The largest absolute Gasteiger partial charge is 0.336 e. The summed E-state index contributed by atoms with van der Waals surface area (Å²) in [6, 6.07) is 7.52. The molecule has 0 radical (unpaired) electrons. The van der Waals surface area contributed by atoms with Crippen LogP contribution in [0.2, 0.25) is 0 Å². The third-order valence-electron chi connectivity index (χ3n) is 4.11. The monoisotopic (exact) mass is 349 g/mol. The van der Waals surface area contributed by atoms with Gasteiger partial charge >= 0.3 is 0 Å². The maximum Gasteiger partial charge on any atom is 0.278 e. The molecule has 9 heteroatoms. The molecule has 0 saturated carbocycles. The van der Waals surface area contributed by atoms with E-state index in [2.05, 4.69) is 22.1 Å². The second kappa shape index (κ2) is 6.70. The van der Waals surface area contributed by atoms with Crippen LogP contribution in [0.5, 0.6) is 0 Å². The molecule has 1 aliphatic rings. The lowest BCUT2D eigenvalue weighted by atomic mass is 10.1. The Morgan fingerprint density at radius 3 is 2.38 bits per heavy atom. The van der Waals surface area contributed by atoms with Crippen LogP contribution < -0.4 is 0 Å². The van der Waals surface area contributed by atoms with Gasteiger partial charge in [-0.1, -0.05) is 19.1 Å². The molecule has 0 unspecified atom stereocenters. The fourth-order valence-corrected chi connectivity index (χ4v) is 3.87. The Bertz CT molecular complexity index is 794. The molecule has 128 valence electrons. The normalized spacial score (nSPS) is 16.3. The molecule has 0 spiro atoms. The van der Waals surface area contributed by atoms with Gasteiger partial charge in [0.25, 0.3) is 21.1 Å². The molecule has 0 atom stereocenters. The van der Waals surface area contributed by atoms with E-state index in [1.165, 1.54) is 9.87 Å². The first-order valence-corrected chi connectivity index (χ1v) is 9.20. The molecular weight excluding hydrogens is 330 g/mol. The number of nitrogens with zero attached hydrogens (tertiary/aromatic N) is 4. The first-order valence-electron chi connectivity index (χ1n) is 7.76. The summed E-state index contributed by atoms with van der Waals surface area (Å²) >= 11 is 0. The SMILES string of the molecule is CCc1ccc(C(=O)N2CCN(S(=O)(=O)c3ncn[nH]3)CC2)cc1. The Morgan fingerprint density at radius 1 is 1.17 bits per heavy atom. The Labute approximate surface area is 140 Å². The highest BCUT2D eigenvalue weighted by atomic mass is 32.2. The molecule has 1 fully saturated rings. The summed E-state index contributed by atoms with van der Waals surface area (Å²) in [5.74, 6) is -0.0747. The van der Waals surface area contributed by atoms with E-state index in [9.17, 15) is 13.2 Å². The number of rotatable bonds is 4. The number of carbonyl (C=O) groups excluding carboxylic acids is 1. The average molecular weight is 349 g/mol. The number of benzene rings is 1. The summed E-state index contributed by atoms with van der Waals surface area (Å²) in [4.78, 5) is 17.9. The molecule has 0 aliphatic carbocycles. The maximum absolute atomic E-state index is 12.5. The van der Waals surface area contributed by atoms with Crippen molar-refractivity contribution in [1.82, 2.24) is 24.4 Å². The second-order valence-corrected chi connectivity index (χ2v) is 7.39. The minimum Gasteiger partial charge on any atom is -0.336 e. The molecule has 3 rings (SSSR count). The first-order chi connectivity index (χ1) is 11.5. The van der Waals surface area contributed by atoms with Gasteiger partial charge < -0.3 is 4.90 Å². The quantitative estimate of drug-likeness (QED) is 0.867. The first kappa shape index (κ1) is 16.6. The van der Waals surface area contributed by atoms with Gasteiger partial charge in [-0.3, -0.25) is 4.79 Å². The molecule has 8 nitrogen and oxygen atoms in total. The Kier molecular flexibility index (Phi) is 4.63. The summed E-state index contributed by atoms with van der Waals surface area (Å²) in [6.07, 6.45) is 2.08. The van der Waals surface area contributed by atoms with E-state index in [1.54, 1.807) is 4.90 Å². The number of hydrogen-bond acceptors (Lipinski definition) is 5. The van der Waals surface area contributed by atoms with Gasteiger partial charge in [-0.05, 0) is 24.1 Å². The Morgan fingerprint density at radius 2 is 1.83 bits per heavy atom. The predicted molar refractivity (Wildman–Crippen MR) is 86.9 cm³/mol. The highest BCUT2D eigenvalue weighted by molar-refractivity contribution is 7.88. The standard InChI is InChI=1S/C15H19N5O3S/c1-2-12-3-5-13(6-4-12)14(21)19-7-9-20(10-8-19)24(22,23)15-16-11-17-18-15/h3-6,11H,2,7-10H2,1H3,(H,16,17,18). The average Bonchev–Trinajstić information content (AvgIpc) is 3.17. The van der Waals surface area contributed by atoms with E-state index in [0.29, 0.717) is 18.7 Å². The topological polar surface area (TPSA) is 99.3 Å². The van der Waals surface area contributed by atoms with Crippen LogP contribution in [-0.4, -0.2) is 64.9 Å². The van der Waals surface area contributed by atoms with Crippen molar-refractivity contribution in [2.75, 3.05) is 26.2 Å². The highest BCUT2D eigenvalue weighted by Crippen LogP contribution is 2.15. The zero-order chi connectivity index (χ0) is 17.2. The highest BCUT2D eigenvalue weighted by Gasteiger charge is 2.32. The fraction of sp³-hybridized carbons (Fsp3) is 0.400. The lowest BCUT2D eigenvalue weighted by Gasteiger charge is -2.33. The zero-order valence-corrected chi connectivity index (χ0v) is 14.2. The summed E-state index contributed by atoms with van der Waals surface area (Å²) in [6.45, 7) is 3.23. The number of sulfonamides is 1. The molecule has 0 bridgehead atoms. The number of piperazine rings is 1. The van der Waals surface area contributed by atoms with Crippen LogP contribution in [0.25, 0.3) is 0 Å². The van der Waals surface area contributed by atoms with Gasteiger partial charge in [0.15, 0.2) is 0 Å². The van der Waals surface area contributed by atoms with Crippen LogP contribution in [0.15, 0.2) is 35.7 Å². The molecule has 1 amide bonds. The molecule has 1 N–H and O–H groups in total. The molecule has 1 aliphatic heterocycles. The van der Waals surface area contributed by atoms with Gasteiger partial charge in [-0.25, -0.2) is 18.5 Å². The zero-order valence-electron chi connectivity index (χ0n) is 13.3. The van der Waals surface area contributed by atoms with Crippen LogP contribution in [-0.2, 0) is 16.4 Å².